The Hall–Kier alpha value is -2.08. The van der Waals surface area contributed by atoms with Crippen molar-refractivity contribution in [3.8, 4) is 5.75 Å². The number of morpholine rings is 1. The number of nitrogens with zero attached hydrogens (tertiary/aromatic N) is 1. The van der Waals surface area contributed by atoms with E-state index < -0.39 is 6.04 Å². The number of esters is 1. The van der Waals surface area contributed by atoms with Crippen molar-refractivity contribution in [2.45, 2.75) is 50.6 Å². The average molecular weight is 346 g/mol. The van der Waals surface area contributed by atoms with E-state index in [0.29, 0.717) is 18.3 Å². The highest BCUT2D eigenvalue weighted by Crippen LogP contribution is 2.27. The van der Waals surface area contributed by atoms with Crippen molar-refractivity contribution in [2.75, 3.05) is 25.6 Å². The highest BCUT2D eigenvalue weighted by atomic mass is 16.5. The second-order valence-corrected chi connectivity index (χ2v) is 6.69. The molecule has 1 saturated heterocycles. The molecule has 25 heavy (non-hydrogen) atoms. The number of benzene rings is 1. The van der Waals surface area contributed by atoms with E-state index >= 15 is 0 Å². The van der Waals surface area contributed by atoms with Crippen LogP contribution in [0.1, 0.15) is 38.5 Å². The number of methoxy groups -OCH3 is 1. The van der Waals surface area contributed by atoms with Crippen LogP contribution in [-0.4, -0.2) is 49.1 Å². The number of amides is 1. The maximum absolute atomic E-state index is 12.4. The third kappa shape index (κ3) is 4.51. The lowest BCUT2D eigenvalue weighted by Gasteiger charge is -2.41. The Morgan fingerprint density at radius 2 is 1.96 bits per heavy atom. The van der Waals surface area contributed by atoms with E-state index in [2.05, 4.69) is 10.2 Å². The number of nitrogens with one attached hydrogen (secondary N) is 1. The summed E-state index contributed by atoms with van der Waals surface area (Å²) in [6.07, 6.45) is 5.98. The fourth-order valence-electron chi connectivity index (χ4n) is 3.75. The Bertz CT molecular complexity index is 596. The first kappa shape index (κ1) is 17.7. The molecule has 0 aromatic heterocycles. The predicted octanol–water partition coefficient (Wildman–Crippen LogP) is 2.58. The van der Waals surface area contributed by atoms with Crippen LogP contribution in [0.15, 0.2) is 24.3 Å². The van der Waals surface area contributed by atoms with Crippen LogP contribution < -0.4 is 10.1 Å². The molecule has 1 aromatic carbocycles. The topological polar surface area (TPSA) is 67.9 Å². The van der Waals surface area contributed by atoms with E-state index in [1.165, 1.54) is 19.3 Å². The summed E-state index contributed by atoms with van der Waals surface area (Å²) in [7, 11) is 1.60. The van der Waals surface area contributed by atoms with Crippen LogP contribution >= 0.6 is 0 Å². The smallest absolute Gasteiger partial charge is 0.323 e. The second kappa shape index (κ2) is 8.34. The number of anilines is 1. The number of carbonyl (C=O) groups is 2. The SMILES string of the molecule is COc1ccc(NC(=O)C[C@@H]2C(=O)OCCN2C2CCCCC2)cc1. The van der Waals surface area contributed by atoms with Gasteiger partial charge in [-0.3, -0.25) is 14.5 Å². The molecule has 1 aliphatic carbocycles. The molecule has 0 radical (unpaired) electrons. The minimum atomic E-state index is -0.477. The van der Waals surface area contributed by atoms with Gasteiger partial charge in [-0.1, -0.05) is 19.3 Å². The molecule has 3 rings (SSSR count). The summed E-state index contributed by atoms with van der Waals surface area (Å²) in [6, 6.07) is 7.07. The summed E-state index contributed by atoms with van der Waals surface area (Å²) in [5.41, 5.74) is 0.694. The largest absolute Gasteiger partial charge is 0.497 e. The van der Waals surface area contributed by atoms with Gasteiger partial charge >= 0.3 is 5.97 Å². The van der Waals surface area contributed by atoms with Gasteiger partial charge in [0.05, 0.1) is 13.5 Å². The molecule has 1 atom stereocenters. The fraction of sp³-hybridized carbons (Fsp3) is 0.579. The van der Waals surface area contributed by atoms with Gasteiger partial charge in [0, 0.05) is 18.3 Å². The third-order valence-electron chi connectivity index (χ3n) is 5.06. The van der Waals surface area contributed by atoms with Crippen molar-refractivity contribution in [1.29, 1.82) is 0 Å². The van der Waals surface area contributed by atoms with Gasteiger partial charge in [0.25, 0.3) is 0 Å². The quantitative estimate of drug-likeness (QED) is 0.830. The van der Waals surface area contributed by atoms with Crippen molar-refractivity contribution in [3.63, 3.8) is 0 Å². The lowest BCUT2D eigenvalue weighted by Crippen LogP contribution is -2.54. The number of ether oxygens (including phenoxy) is 2. The van der Waals surface area contributed by atoms with Crippen molar-refractivity contribution < 1.29 is 19.1 Å². The zero-order valence-electron chi connectivity index (χ0n) is 14.7. The van der Waals surface area contributed by atoms with E-state index in [9.17, 15) is 9.59 Å². The van der Waals surface area contributed by atoms with Gasteiger partial charge in [-0.15, -0.1) is 0 Å². The summed E-state index contributed by atoms with van der Waals surface area (Å²) in [5.74, 6) is 0.286. The van der Waals surface area contributed by atoms with E-state index in [-0.39, 0.29) is 18.3 Å². The van der Waals surface area contributed by atoms with E-state index in [1.54, 1.807) is 31.4 Å². The number of rotatable bonds is 5. The fourth-order valence-corrected chi connectivity index (χ4v) is 3.75. The Morgan fingerprint density at radius 3 is 2.64 bits per heavy atom. The summed E-state index contributed by atoms with van der Waals surface area (Å²) < 4.78 is 10.3. The molecule has 6 heteroatoms. The van der Waals surface area contributed by atoms with Crippen molar-refractivity contribution in [3.05, 3.63) is 24.3 Å². The zero-order valence-corrected chi connectivity index (χ0v) is 14.7. The van der Waals surface area contributed by atoms with Gasteiger partial charge in [-0.05, 0) is 37.1 Å². The van der Waals surface area contributed by atoms with Crippen molar-refractivity contribution in [1.82, 2.24) is 4.90 Å². The molecule has 1 N–H and O–H groups in total. The van der Waals surface area contributed by atoms with Gasteiger partial charge < -0.3 is 14.8 Å². The van der Waals surface area contributed by atoms with Crippen LogP contribution in [0.5, 0.6) is 5.75 Å². The molecular formula is C19H26N2O4. The molecule has 0 spiro atoms. The van der Waals surface area contributed by atoms with Crippen LogP contribution in [0, 0.1) is 0 Å². The molecule has 136 valence electrons. The zero-order chi connectivity index (χ0) is 17.6. The molecule has 2 aliphatic rings. The first-order valence-corrected chi connectivity index (χ1v) is 9.03. The molecule has 1 saturated carbocycles. The molecule has 1 amide bonds. The van der Waals surface area contributed by atoms with Crippen LogP contribution in [0.4, 0.5) is 5.69 Å². The summed E-state index contributed by atoms with van der Waals surface area (Å²) in [6.45, 7) is 1.14. The molecule has 2 fully saturated rings. The van der Waals surface area contributed by atoms with Gasteiger partial charge in [0.2, 0.25) is 5.91 Å². The predicted molar refractivity (Wildman–Crippen MR) is 94.6 cm³/mol. The Labute approximate surface area is 148 Å². The van der Waals surface area contributed by atoms with E-state index in [4.69, 9.17) is 9.47 Å². The number of hydrogen-bond donors (Lipinski definition) is 1. The lowest BCUT2D eigenvalue weighted by molar-refractivity contribution is -0.161. The Kier molecular flexibility index (Phi) is 5.91. The lowest BCUT2D eigenvalue weighted by atomic mass is 9.92. The first-order chi connectivity index (χ1) is 12.2. The number of cyclic esters (lactones) is 1. The summed E-state index contributed by atoms with van der Waals surface area (Å²) in [4.78, 5) is 26.9. The number of carbonyl (C=O) groups excluding carboxylic acids is 2. The standard InChI is InChI=1S/C19H26N2O4/c1-24-16-9-7-14(8-10-16)20-18(22)13-17-19(23)25-12-11-21(17)15-5-3-2-4-6-15/h7-10,15,17H,2-6,11-13H2,1H3,(H,20,22)/t17-/m1/s1. The Balaban J connectivity index is 1.62. The van der Waals surface area contributed by atoms with Crippen molar-refractivity contribution >= 4 is 17.6 Å². The minimum Gasteiger partial charge on any atom is -0.497 e. The van der Waals surface area contributed by atoms with E-state index in [1.807, 2.05) is 0 Å². The maximum Gasteiger partial charge on any atom is 0.323 e. The van der Waals surface area contributed by atoms with Gasteiger partial charge in [0.15, 0.2) is 0 Å². The second-order valence-electron chi connectivity index (χ2n) is 6.69. The molecule has 1 aliphatic heterocycles. The average Bonchev–Trinajstić information content (AvgIpc) is 2.65. The molecule has 6 nitrogen and oxygen atoms in total. The van der Waals surface area contributed by atoms with Crippen LogP contribution in [0.2, 0.25) is 0 Å². The van der Waals surface area contributed by atoms with Gasteiger partial charge in [0.1, 0.15) is 18.4 Å². The van der Waals surface area contributed by atoms with Crippen LogP contribution in [0.3, 0.4) is 0 Å². The Morgan fingerprint density at radius 1 is 1.24 bits per heavy atom. The molecule has 0 bridgehead atoms. The molecule has 1 heterocycles. The summed E-state index contributed by atoms with van der Waals surface area (Å²) in [5, 5.41) is 2.86. The van der Waals surface area contributed by atoms with Crippen LogP contribution in [0.25, 0.3) is 0 Å². The minimum absolute atomic E-state index is 0.126. The maximum atomic E-state index is 12.4. The highest BCUT2D eigenvalue weighted by molar-refractivity contribution is 5.94. The van der Waals surface area contributed by atoms with Crippen molar-refractivity contribution in [2.24, 2.45) is 0 Å². The van der Waals surface area contributed by atoms with Crippen LogP contribution in [-0.2, 0) is 14.3 Å². The monoisotopic (exact) mass is 346 g/mol. The van der Waals surface area contributed by atoms with Gasteiger partial charge in [-0.25, -0.2) is 0 Å². The third-order valence-corrected chi connectivity index (χ3v) is 5.06. The number of hydrogen-bond acceptors (Lipinski definition) is 5. The molecule has 0 unspecified atom stereocenters. The normalized spacial score (nSPS) is 22.3. The van der Waals surface area contributed by atoms with Gasteiger partial charge in [-0.2, -0.15) is 0 Å². The first-order valence-electron chi connectivity index (χ1n) is 9.03. The highest BCUT2D eigenvalue weighted by Gasteiger charge is 2.37. The molecule has 1 aromatic rings. The summed E-state index contributed by atoms with van der Waals surface area (Å²) >= 11 is 0. The molecular weight excluding hydrogens is 320 g/mol. The van der Waals surface area contributed by atoms with E-state index in [0.717, 1.165) is 25.1 Å².